The van der Waals surface area contributed by atoms with Gasteiger partial charge in [0.25, 0.3) is 0 Å². The zero-order chi connectivity index (χ0) is 11.0. The summed E-state index contributed by atoms with van der Waals surface area (Å²) in [5, 5.41) is 3.34. The quantitative estimate of drug-likeness (QED) is 0.841. The molecule has 16 heavy (non-hydrogen) atoms. The van der Waals surface area contributed by atoms with E-state index < -0.39 is 0 Å². The summed E-state index contributed by atoms with van der Waals surface area (Å²) in [6, 6.07) is 8.15. The number of benzene rings is 1. The fourth-order valence-electron chi connectivity index (χ4n) is 2.00. The predicted molar refractivity (Wildman–Crippen MR) is 67.1 cm³/mol. The first-order chi connectivity index (χ1) is 7.84. The average molecular weight is 278 g/mol. The minimum atomic E-state index is 0.896. The summed E-state index contributed by atoms with van der Waals surface area (Å²) in [7, 11) is 0. The zero-order valence-electron chi connectivity index (χ0n) is 8.76. The molecule has 0 atom stereocenters. The Hall–Kier alpha value is -1.13. The van der Waals surface area contributed by atoms with Crippen LogP contribution in [0.1, 0.15) is 11.4 Å². The molecule has 3 rings (SSSR count). The van der Waals surface area contributed by atoms with Gasteiger partial charge in [0.05, 0.1) is 11.4 Å². The van der Waals surface area contributed by atoms with E-state index in [1.807, 2.05) is 18.2 Å². The van der Waals surface area contributed by atoms with E-state index in [9.17, 15) is 0 Å². The molecule has 2 aromatic rings. The van der Waals surface area contributed by atoms with Crippen molar-refractivity contribution in [3.8, 4) is 11.4 Å². The van der Waals surface area contributed by atoms with E-state index in [0.717, 1.165) is 35.4 Å². The van der Waals surface area contributed by atoms with Crippen molar-refractivity contribution in [1.29, 1.82) is 0 Å². The fourth-order valence-corrected chi connectivity index (χ4v) is 2.47. The van der Waals surface area contributed by atoms with Crippen LogP contribution in [0.4, 0.5) is 0 Å². The minimum Gasteiger partial charge on any atom is -0.341 e. The van der Waals surface area contributed by atoms with Gasteiger partial charge >= 0.3 is 0 Å². The molecule has 0 fully saturated rings. The van der Waals surface area contributed by atoms with Crippen molar-refractivity contribution >= 4 is 15.9 Å². The first kappa shape index (κ1) is 10.1. The lowest BCUT2D eigenvalue weighted by molar-refractivity contribution is 0.627. The van der Waals surface area contributed by atoms with Crippen molar-refractivity contribution in [3.63, 3.8) is 0 Å². The fraction of sp³-hybridized carbons (Fsp3) is 0.250. The number of halogens is 1. The molecule has 0 bridgehead atoms. The van der Waals surface area contributed by atoms with Crippen molar-refractivity contribution < 1.29 is 0 Å². The van der Waals surface area contributed by atoms with E-state index >= 15 is 0 Å². The molecule has 0 spiro atoms. The summed E-state index contributed by atoms with van der Waals surface area (Å²) in [5.74, 6) is 0.959. The smallest absolute Gasteiger partial charge is 0.139 e. The maximum atomic E-state index is 4.66. The van der Waals surface area contributed by atoms with Crippen molar-refractivity contribution in [2.45, 2.75) is 13.0 Å². The standard InChI is InChI=1S/C12H12BrN3/c13-9-4-2-1-3-8(9)12-15-10-5-6-14-7-11(10)16-12/h1-4,14H,5-7H2,(H,15,16). The van der Waals surface area contributed by atoms with Gasteiger partial charge in [0.1, 0.15) is 5.82 Å². The van der Waals surface area contributed by atoms with E-state index in [4.69, 9.17) is 0 Å². The molecule has 2 heterocycles. The summed E-state index contributed by atoms with van der Waals surface area (Å²) in [6.45, 7) is 1.92. The second-order valence-corrected chi connectivity index (χ2v) is 4.77. The van der Waals surface area contributed by atoms with Crippen LogP contribution in [0.25, 0.3) is 11.4 Å². The Kier molecular flexibility index (Phi) is 2.53. The minimum absolute atomic E-state index is 0.896. The molecule has 1 aliphatic heterocycles. The Morgan fingerprint density at radius 2 is 2.12 bits per heavy atom. The lowest BCUT2D eigenvalue weighted by Crippen LogP contribution is -2.23. The SMILES string of the molecule is Brc1ccccc1-c1nc2c([nH]1)CNCC2. The van der Waals surface area contributed by atoms with Crippen LogP contribution in [-0.2, 0) is 13.0 Å². The van der Waals surface area contributed by atoms with Crippen LogP contribution in [0.5, 0.6) is 0 Å². The molecule has 1 aromatic heterocycles. The van der Waals surface area contributed by atoms with Crippen molar-refractivity contribution in [1.82, 2.24) is 15.3 Å². The monoisotopic (exact) mass is 277 g/mol. The van der Waals surface area contributed by atoms with Gasteiger partial charge < -0.3 is 10.3 Å². The Morgan fingerprint density at radius 3 is 2.94 bits per heavy atom. The van der Waals surface area contributed by atoms with Gasteiger partial charge in [0.15, 0.2) is 0 Å². The number of nitrogens with one attached hydrogen (secondary N) is 2. The molecule has 0 aliphatic carbocycles. The van der Waals surface area contributed by atoms with E-state index in [0.29, 0.717) is 0 Å². The van der Waals surface area contributed by atoms with Crippen LogP contribution < -0.4 is 5.32 Å². The lowest BCUT2D eigenvalue weighted by atomic mass is 10.2. The summed E-state index contributed by atoms with van der Waals surface area (Å²) in [4.78, 5) is 8.04. The van der Waals surface area contributed by atoms with Crippen LogP contribution in [0.2, 0.25) is 0 Å². The van der Waals surface area contributed by atoms with Gasteiger partial charge in [-0.25, -0.2) is 4.98 Å². The summed E-state index contributed by atoms with van der Waals surface area (Å²) < 4.78 is 1.08. The van der Waals surface area contributed by atoms with Crippen LogP contribution in [0.15, 0.2) is 28.7 Å². The molecule has 2 N–H and O–H groups in total. The Balaban J connectivity index is 2.07. The predicted octanol–water partition coefficient (Wildman–Crippen LogP) is 2.48. The molecular weight excluding hydrogens is 266 g/mol. The number of imidazole rings is 1. The maximum Gasteiger partial charge on any atom is 0.139 e. The number of hydrogen-bond acceptors (Lipinski definition) is 2. The number of fused-ring (bicyclic) bond motifs is 1. The first-order valence-corrected chi connectivity index (χ1v) is 6.17. The second-order valence-electron chi connectivity index (χ2n) is 3.92. The van der Waals surface area contributed by atoms with Crippen molar-refractivity contribution in [2.24, 2.45) is 0 Å². The highest BCUT2D eigenvalue weighted by molar-refractivity contribution is 9.10. The Labute approximate surface area is 102 Å². The molecule has 0 radical (unpaired) electrons. The van der Waals surface area contributed by atoms with Crippen molar-refractivity contribution in [2.75, 3.05) is 6.54 Å². The number of rotatable bonds is 1. The Morgan fingerprint density at radius 1 is 1.25 bits per heavy atom. The highest BCUT2D eigenvalue weighted by Gasteiger charge is 2.15. The van der Waals surface area contributed by atoms with Gasteiger partial charge in [-0.1, -0.05) is 34.1 Å². The highest BCUT2D eigenvalue weighted by atomic mass is 79.9. The lowest BCUT2D eigenvalue weighted by Gasteiger charge is -2.09. The first-order valence-electron chi connectivity index (χ1n) is 5.38. The molecule has 1 aliphatic rings. The van der Waals surface area contributed by atoms with Crippen molar-refractivity contribution in [3.05, 3.63) is 40.1 Å². The van der Waals surface area contributed by atoms with Gasteiger partial charge in [-0.15, -0.1) is 0 Å². The topological polar surface area (TPSA) is 40.7 Å². The van der Waals surface area contributed by atoms with Gasteiger partial charge in [0.2, 0.25) is 0 Å². The Bertz CT molecular complexity index is 495. The van der Waals surface area contributed by atoms with Crippen LogP contribution in [0.3, 0.4) is 0 Å². The van der Waals surface area contributed by atoms with Gasteiger partial charge in [-0.3, -0.25) is 0 Å². The van der Waals surface area contributed by atoms with Gasteiger partial charge in [0, 0.05) is 29.5 Å². The van der Waals surface area contributed by atoms with E-state index in [-0.39, 0.29) is 0 Å². The van der Waals surface area contributed by atoms with Crippen LogP contribution in [0, 0.1) is 0 Å². The normalized spacial score (nSPS) is 14.8. The molecule has 1 aromatic carbocycles. The van der Waals surface area contributed by atoms with Crippen LogP contribution >= 0.6 is 15.9 Å². The summed E-state index contributed by atoms with van der Waals surface area (Å²) in [5.41, 5.74) is 3.54. The largest absolute Gasteiger partial charge is 0.341 e. The van der Waals surface area contributed by atoms with Gasteiger partial charge in [-0.05, 0) is 6.07 Å². The van der Waals surface area contributed by atoms with E-state index in [1.165, 1.54) is 11.4 Å². The highest BCUT2D eigenvalue weighted by Crippen LogP contribution is 2.27. The number of aromatic nitrogens is 2. The maximum absolute atomic E-state index is 4.66. The molecule has 3 nitrogen and oxygen atoms in total. The molecule has 0 saturated heterocycles. The third-order valence-electron chi connectivity index (χ3n) is 2.83. The average Bonchev–Trinajstić information content (AvgIpc) is 2.73. The molecular formula is C12H12BrN3. The van der Waals surface area contributed by atoms with Gasteiger partial charge in [-0.2, -0.15) is 0 Å². The number of hydrogen-bond donors (Lipinski definition) is 2. The number of aromatic amines is 1. The molecule has 82 valence electrons. The second kappa shape index (κ2) is 4.03. The molecule has 4 heteroatoms. The summed E-state index contributed by atoms with van der Waals surface area (Å²) >= 11 is 3.55. The van der Waals surface area contributed by atoms with E-state index in [1.54, 1.807) is 0 Å². The number of H-pyrrole nitrogens is 1. The number of nitrogens with zero attached hydrogens (tertiary/aromatic N) is 1. The zero-order valence-corrected chi connectivity index (χ0v) is 10.3. The molecule has 0 amide bonds. The third kappa shape index (κ3) is 1.68. The third-order valence-corrected chi connectivity index (χ3v) is 3.53. The molecule has 0 saturated carbocycles. The summed E-state index contributed by atoms with van der Waals surface area (Å²) in [6.07, 6.45) is 1.01. The molecule has 0 unspecified atom stereocenters. The van der Waals surface area contributed by atoms with E-state index in [2.05, 4.69) is 37.3 Å². The van der Waals surface area contributed by atoms with Crippen LogP contribution in [-0.4, -0.2) is 16.5 Å².